The van der Waals surface area contributed by atoms with Crippen LogP contribution in [0.4, 0.5) is 13.2 Å². The summed E-state index contributed by atoms with van der Waals surface area (Å²) >= 11 is 8.89. The van der Waals surface area contributed by atoms with Gasteiger partial charge in [0.1, 0.15) is 0 Å². The van der Waals surface area contributed by atoms with E-state index < -0.39 is 11.7 Å². The van der Waals surface area contributed by atoms with E-state index in [-0.39, 0.29) is 0 Å². The molecule has 5 heteroatoms. The Kier molecular flexibility index (Phi) is 4.22. The molecule has 0 aliphatic heterocycles. The number of rotatable bonds is 2. The van der Waals surface area contributed by atoms with Gasteiger partial charge in [-0.15, -0.1) is 0 Å². The highest BCUT2D eigenvalue weighted by atomic mass is 79.9. The van der Waals surface area contributed by atoms with E-state index in [1.807, 2.05) is 0 Å². The van der Waals surface area contributed by atoms with Crippen molar-refractivity contribution in [1.29, 1.82) is 0 Å². The maximum absolute atomic E-state index is 12.3. The van der Waals surface area contributed by atoms with Crippen molar-refractivity contribution in [2.75, 3.05) is 5.33 Å². The fraction of sp³-hybridized carbons (Fsp3) is 0.200. The van der Waals surface area contributed by atoms with Crippen LogP contribution in [-0.2, 0) is 6.18 Å². The number of benzene rings is 1. The summed E-state index contributed by atoms with van der Waals surface area (Å²) in [6.07, 6.45) is -1.10. The number of alkyl halides is 4. The Balaban J connectivity index is 3.11. The summed E-state index contributed by atoms with van der Waals surface area (Å²) in [5.41, 5.74) is -0.327. The number of hydrogen-bond donors (Lipinski definition) is 0. The van der Waals surface area contributed by atoms with Crippen LogP contribution in [0.1, 0.15) is 11.1 Å². The van der Waals surface area contributed by atoms with Gasteiger partial charge in [-0.1, -0.05) is 39.7 Å². The average molecular weight is 300 g/mol. The summed E-state index contributed by atoms with van der Waals surface area (Å²) in [7, 11) is 0. The van der Waals surface area contributed by atoms with Gasteiger partial charge in [0.2, 0.25) is 0 Å². The first-order valence-electron chi connectivity index (χ1n) is 4.04. The second kappa shape index (κ2) is 5.03. The minimum absolute atomic E-state index is 0.306. The van der Waals surface area contributed by atoms with E-state index in [0.29, 0.717) is 15.9 Å². The van der Waals surface area contributed by atoms with Crippen LogP contribution in [0, 0.1) is 0 Å². The largest absolute Gasteiger partial charge is 0.416 e. The summed E-state index contributed by atoms with van der Waals surface area (Å²) < 4.78 is 37.0. The summed E-state index contributed by atoms with van der Waals surface area (Å²) in [6, 6.07) is 3.24. The zero-order valence-corrected chi connectivity index (χ0v) is 9.83. The molecule has 0 amide bonds. The van der Waals surface area contributed by atoms with Crippen LogP contribution < -0.4 is 0 Å². The lowest BCUT2D eigenvalue weighted by Gasteiger charge is -2.08. The second-order valence-electron chi connectivity index (χ2n) is 2.79. The van der Waals surface area contributed by atoms with E-state index in [2.05, 4.69) is 15.9 Å². The molecule has 82 valence electrons. The molecule has 1 rings (SSSR count). The third-order valence-corrected chi connectivity index (χ3v) is 2.43. The van der Waals surface area contributed by atoms with Crippen LogP contribution in [0.25, 0.3) is 6.08 Å². The molecule has 0 aliphatic rings. The van der Waals surface area contributed by atoms with E-state index >= 15 is 0 Å². The van der Waals surface area contributed by atoms with Crippen molar-refractivity contribution in [1.82, 2.24) is 0 Å². The predicted octanol–water partition coefficient (Wildman–Crippen LogP) is 4.77. The zero-order valence-electron chi connectivity index (χ0n) is 7.48. The Morgan fingerprint density at radius 3 is 2.53 bits per heavy atom. The van der Waals surface area contributed by atoms with Gasteiger partial charge in [-0.3, -0.25) is 0 Å². The van der Waals surface area contributed by atoms with Gasteiger partial charge in [-0.2, -0.15) is 13.2 Å². The normalized spacial score (nSPS) is 12.3. The molecule has 0 aliphatic carbocycles. The maximum Gasteiger partial charge on any atom is 0.416 e. The smallest absolute Gasteiger partial charge is 0.166 e. The molecule has 0 fully saturated rings. The molecule has 0 bridgehead atoms. The molecule has 0 unspecified atom stereocenters. The van der Waals surface area contributed by atoms with Gasteiger partial charge in [0, 0.05) is 10.4 Å². The Labute approximate surface area is 98.9 Å². The lowest BCUT2D eigenvalue weighted by molar-refractivity contribution is -0.137. The molecule has 0 saturated carbocycles. The van der Waals surface area contributed by atoms with E-state index in [4.69, 9.17) is 11.6 Å². The molecule has 0 spiro atoms. The Morgan fingerprint density at radius 2 is 2.00 bits per heavy atom. The van der Waals surface area contributed by atoms with Crippen molar-refractivity contribution in [3.63, 3.8) is 0 Å². The number of halogens is 5. The van der Waals surface area contributed by atoms with Crippen LogP contribution in [0.5, 0.6) is 0 Å². The molecule has 0 atom stereocenters. The highest BCUT2D eigenvalue weighted by Gasteiger charge is 2.30. The first-order valence-corrected chi connectivity index (χ1v) is 5.54. The van der Waals surface area contributed by atoms with Crippen molar-refractivity contribution in [3.8, 4) is 0 Å². The van der Waals surface area contributed by atoms with Gasteiger partial charge in [0.05, 0.1) is 5.56 Å². The summed E-state index contributed by atoms with van der Waals surface area (Å²) in [6.45, 7) is 0. The molecule has 0 radical (unpaired) electrons. The van der Waals surface area contributed by atoms with Gasteiger partial charge in [-0.05, 0) is 23.8 Å². The summed E-state index contributed by atoms with van der Waals surface area (Å²) in [4.78, 5) is 0. The first-order chi connectivity index (χ1) is 6.95. The van der Waals surface area contributed by atoms with E-state index in [0.717, 1.165) is 12.1 Å². The van der Waals surface area contributed by atoms with Crippen LogP contribution >= 0.6 is 27.5 Å². The lowest BCUT2D eigenvalue weighted by atomic mass is 10.1. The topological polar surface area (TPSA) is 0 Å². The van der Waals surface area contributed by atoms with E-state index in [9.17, 15) is 13.2 Å². The zero-order chi connectivity index (χ0) is 11.5. The summed E-state index contributed by atoms with van der Waals surface area (Å²) in [5.74, 6) is 0. The molecule has 0 saturated heterocycles. The molecule has 0 heterocycles. The molecule has 0 nitrogen and oxygen atoms in total. The van der Waals surface area contributed by atoms with Crippen molar-refractivity contribution >= 4 is 33.6 Å². The number of hydrogen-bond acceptors (Lipinski definition) is 0. The molecular weight excluding hydrogens is 292 g/mol. The van der Waals surface area contributed by atoms with Gasteiger partial charge in [0.25, 0.3) is 0 Å². The van der Waals surface area contributed by atoms with Crippen molar-refractivity contribution in [3.05, 3.63) is 40.4 Å². The van der Waals surface area contributed by atoms with Crippen LogP contribution in [0.3, 0.4) is 0 Å². The first kappa shape index (κ1) is 12.6. The number of allylic oxidation sites excluding steroid dienone is 1. The Morgan fingerprint density at radius 1 is 1.33 bits per heavy atom. The average Bonchev–Trinajstić information content (AvgIpc) is 2.15. The maximum atomic E-state index is 12.3. The fourth-order valence-corrected chi connectivity index (χ4v) is 1.39. The SMILES string of the molecule is FC(F)(F)c1ccc(Cl)c(C=CCBr)c1. The predicted molar refractivity (Wildman–Crippen MR) is 59.3 cm³/mol. The van der Waals surface area contributed by atoms with Crippen molar-refractivity contribution in [2.24, 2.45) is 0 Å². The van der Waals surface area contributed by atoms with E-state index in [1.54, 1.807) is 12.2 Å². The molecule has 1 aromatic rings. The third kappa shape index (κ3) is 3.54. The van der Waals surface area contributed by atoms with Crippen LogP contribution in [0.2, 0.25) is 5.02 Å². The minimum Gasteiger partial charge on any atom is -0.166 e. The van der Waals surface area contributed by atoms with E-state index in [1.165, 1.54) is 6.07 Å². The molecule has 15 heavy (non-hydrogen) atoms. The monoisotopic (exact) mass is 298 g/mol. The van der Waals surface area contributed by atoms with Gasteiger partial charge < -0.3 is 0 Å². The highest BCUT2D eigenvalue weighted by Crippen LogP contribution is 2.32. The highest BCUT2D eigenvalue weighted by molar-refractivity contribution is 9.09. The van der Waals surface area contributed by atoms with Crippen LogP contribution in [-0.4, -0.2) is 5.33 Å². The quantitative estimate of drug-likeness (QED) is 0.690. The molecule has 0 aromatic heterocycles. The van der Waals surface area contributed by atoms with Gasteiger partial charge in [-0.25, -0.2) is 0 Å². The van der Waals surface area contributed by atoms with Crippen molar-refractivity contribution < 1.29 is 13.2 Å². The fourth-order valence-electron chi connectivity index (χ4n) is 1.02. The Hall–Kier alpha value is -0.480. The lowest BCUT2D eigenvalue weighted by Crippen LogP contribution is -2.04. The van der Waals surface area contributed by atoms with Crippen LogP contribution in [0.15, 0.2) is 24.3 Å². The second-order valence-corrected chi connectivity index (χ2v) is 3.85. The molecule has 0 N–H and O–H groups in total. The van der Waals surface area contributed by atoms with Crippen molar-refractivity contribution in [2.45, 2.75) is 6.18 Å². The summed E-state index contributed by atoms with van der Waals surface area (Å²) in [5, 5.41) is 0.875. The van der Waals surface area contributed by atoms with Gasteiger partial charge >= 0.3 is 6.18 Å². The minimum atomic E-state index is -4.33. The van der Waals surface area contributed by atoms with Gasteiger partial charge in [0.15, 0.2) is 0 Å². The molecule has 1 aromatic carbocycles. The third-order valence-electron chi connectivity index (χ3n) is 1.71. The molecular formula is C10H7BrClF3. The Bertz CT molecular complexity index is 371. The standard InChI is InChI=1S/C10H7BrClF3/c11-5-1-2-7-6-8(10(13,14)15)3-4-9(7)12/h1-4,6H,5H2.